The van der Waals surface area contributed by atoms with Gasteiger partial charge in [0.25, 0.3) is 0 Å². The van der Waals surface area contributed by atoms with E-state index in [1.165, 1.54) is 7.11 Å². The number of aromatic nitrogens is 2. The van der Waals surface area contributed by atoms with Gasteiger partial charge in [-0.15, -0.1) is 0 Å². The number of hydrogen-bond acceptors (Lipinski definition) is 6. The lowest BCUT2D eigenvalue weighted by atomic mass is 9.95. The van der Waals surface area contributed by atoms with Crippen molar-refractivity contribution in [3.05, 3.63) is 41.5 Å². The van der Waals surface area contributed by atoms with Crippen LogP contribution in [0.3, 0.4) is 0 Å². The van der Waals surface area contributed by atoms with Gasteiger partial charge in [0.2, 0.25) is 0 Å². The van der Waals surface area contributed by atoms with Crippen molar-refractivity contribution in [1.29, 1.82) is 0 Å². The van der Waals surface area contributed by atoms with Gasteiger partial charge in [0.05, 0.1) is 33.4 Å². The lowest BCUT2D eigenvalue weighted by Crippen LogP contribution is -2.46. The Kier molecular flexibility index (Phi) is 6.58. The highest BCUT2D eigenvalue weighted by Gasteiger charge is 2.36. The molecular weight excluding hydrogens is 376 g/mol. The number of benzene rings is 1. The van der Waals surface area contributed by atoms with E-state index < -0.39 is 6.04 Å². The highest BCUT2D eigenvalue weighted by Crippen LogP contribution is 2.39. The molecule has 0 spiro atoms. The van der Waals surface area contributed by atoms with Crippen LogP contribution in [0.4, 0.5) is 4.79 Å². The second kappa shape index (κ2) is 9.31. The first-order valence-electron chi connectivity index (χ1n) is 9.44. The summed E-state index contributed by atoms with van der Waals surface area (Å²) in [5.41, 5.74) is 2.58. The van der Waals surface area contributed by atoms with Crippen molar-refractivity contribution in [2.75, 3.05) is 34.4 Å². The Morgan fingerprint density at radius 1 is 1.28 bits per heavy atom. The fourth-order valence-corrected chi connectivity index (χ4v) is 3.50. The number of carbonyl (C=O) groups excluding carboxylic acids is 2. The largest absolute Gasteiger partial charge is 0.497 e. The summed E-state index contributed by atoms with van der Waals surface area (Å²) < 4.78 is 15.6. The molecule has 1 aromatic carbocycles. The van der Waals surface area contributed by atoms with Crippen LogP contribution in [0.1, 0.15) is 35.8 Å². The Morgan fingerprint density at radius 2 is 2.10 bits per heavy atom. The maximum Gasteiger partial charge on any atom is 0.318 e. The first-order valence-corrected chi connectivity index (χ1v) is 9.44. The van der Waals surface area contributed by atoms with Crippen LogP contribution in [0, 0.1) is 0 Å². The van der Waals surface area contributed by atoms with Crippen molar-refractivity contribution in [2.24, 2.45) is 0 Å². The van der Waals surface area contributed by atoms with Gasteiger partial charge in [0.1, 0.15) is 17.5 Å². The average molecular weight is 402 g/mol. The Bertz CT molecular complexity index is 866. The van der Waals surface area contributed by atoms with Gasteiger partial charge in [-0.05, 0) is 24.6 Å². The van der Waals surface area contributed by atoms with E-state index in [0.717, 1.165) is 17.0 Å². The molecule has 2 N–H and O–H groups in total. The second-order valence-corrected chi connectivity index (χ2v) is 6.63. The third-order valence-corrected chi connectivity index (χ3v) is 4.98. The molecule has 2 aromatic rings. The van der Waals surface area contributed by atoms with E-state index in [4.69, 9.17) is 9.47 Å². The number of nitrogens with zero attached hydrogens (tertiary/aromatic N) is 2. The quantitative estimate of drug-likeness (QED) is 0.542. The summed E-state index contributed by atoms with van der Waals surface area (Å²) >= 11 is 0. The van der Waals surface area contributed by atoms with Gasteiger partial charge in [-0.25, -0.2) is 9.78 Å². The number of hydrogen-bond donors (Lipinski definition) is 2. The Labute approximate surface area is 169 Å². The number of carbonyl (C=O) groups is 2. The van der Waals surface area contributed by atoms with Crippen molar-refractivity contribution < 1.29 is 23.8 Å². The van der Waals surface area contributed by atoms with E-state index in [9.17, 15) is 9.59 Å². The standard InChI is InChI=1S/C20H26N4O5/c1-27-13-6-7-16(28-2)14(11-13)19-18-15(22-12-23-18)8-10-24(19)20(26)21-9-4-5-17(25)29-3/h6-7,11-12,19H,4-5,8-10H2,1-3H3,(H,21,26)(H,22,23). The number of ether oxygens (including phenoxy) is 3. The number of H-pyrrole nitrogens is 1. The Morgan fingerprint density at radius 3 is 2.83 bits per heavy atom. The van der Waals surface area contributed by atoms with Gasteiger partial charge < -0.3 is 29.4 Å². The monoisotopic (exact) mass is 402 g/mol. The van der Waals surface area contributed by atoms with Crippen LogP contribution in [0.5, 0.6) is 11.5 Å². The number of methoxy groups -OCH3 is 3. The molecule has 1 aliphatic rings. The van der Waals surface area contributed by atoms with Crippen LogP contribution in [0.15, 0.2) is 24.5 Å². The van der Waals surface area contributed by atoms with Gasteiger partial charge >= 0.3 is 12.0 Å². The summed E-state index contributed by atoms with van der Waals surface area (Å²) in [6.07, 6.45) is 3.08. The van der Waals surface area contributed by atoms with Gasteiger partial charge in [-0.2, -0.15) is 0 Å². The number of amides is 2. The van der Waals surface area contributed by atoms with Crippen LogP contribution < -0.4 is 14.8 Å². The SMILES string of the molecule is COC(=O)CCCNC(=O)N1CCc2[nH]cnc2C1c1cc(OC)ccc1OC. The van der Waals surface area contributed by atoms with Crippen LogP contribution in [-0.4, -0.2) is 61.3 Å². The lowest BCUT2D eigenvalue weighted by Gasteiger charge is -2.36. The van der Waals surface area contributed by atoms with E-state index in [1.807, 2.05) is 18.2 Å². The fraction of sp³-hybridized carbons (Fsp3) is 0.450. The maximum absolute atomic E-state index is 13.0. The van der Waals surface area contributed by atoms with Crippen molar-refractivity contribution in [1.82, 2.24) is 20.2 Å². The van der Waals surface area contributed by atoms with Crippen LogP contribution in [-0.2, 0) is 16.0 Å². The predicted octanol–water partition coefficient (Wildman–Crippen LogP) is 2.04. The number of aromatic amines is 1. The molecule has 3 rings (SSSR count). The van der Waals surface area contributed by atoms with E-state index >= 15 is 0 Å². The minimum absolute atomic E-state index is 0.224. The molecule has 2 heterocycles. The van der Waals surface area contributed by atoms with E-state index in [0.29, 0.717) is 37.4 Å². The van der Waals surface area contributed by atoms with Gasteiger partial charge in [-0.3, -0.25) is 4.79 Å². The van der Waals surface area contributed by atoms with E-state index in [-0.39, 0.29) is 18.4 Å². The Hall–Kier alpha value is -3.23. The Balaban J connectivity index is 1.85. The van der Waals surface area contributed by atoms with Crippen molar-refractivity contribution in [3.8, 4) is 11.5 Å². The van der Waals surface area contributed by atoms with Crippen molar-refractivity contribution in [3.63, 3.8) is 0 Å². The summed E-state index contributed by atoms with van der Waals surface area (Å²) in [6, 6.07) is 4.86. The zero-order valence-electron chi connectivity index (χ0n) is 16.9. The third kappa shape index (κ3) is 4.44. The summed E-state index contributed by atoms with van der Waals surface area (Å²) in [4.78, 5) is 33.6. The molecular formula is C20H26N4O5. The smallest absolute Gasteiger partial charge is 0.318 e. The molecule has 9 heteroatoms. The molecule has 0 fully saturated rings. The molecule has 29 heavy (non-hydrogen) atoms. The molecule has 1 atom stereocenters. The highest BCUT2D eigenvalue weighted by molar-refractivity contribution is 5.76. The van der Waals surface area contributed by atoms with E-state index in [2.05, 4.69) is 20.0 Å². The number of imidazole rings is 1. The molecule has 0 saturated heterocycles. The highest BCUT2D eigenvalue weighted by atomic mass is 16.5. The third-order valence-electron chi connectivity index (χ3n) is 4.98. The topological polar surface area (TPSA) is 106 Å². The molecule has 0 aliphatic carbocycles. The van der Waals surface area contributed by atoms with Crippen LogP contribution >= 0.6 is 0 Å². The average Bonchev–Trinajstić information content (AvgIpc) is 3.24. The first-order chi connectivity index (χ1) is 14.1. The van der Waals surface area contributed by atoms with Crippen LogP contribution in [0.2, 0.25) is 0 Å². The van der Waals surface area contributed by atoms with Gasteiger partial charge in [0, 0.05) is 37.2 Å². The minimum atomic E-state index is -0.421. The minimum Gasteiger partial charge on any atom is -0.497 e. The molecule has 1 unspecified atom stereocenters. The molecule has 1 aliphatic heterocycles. The summed E-state index contributed by atoms with van der Waals surface area (Å²) in [5, 5.41) is 2.89. The predicted molar refractivity (Wildman–Crippen MR) is 105 cm³/mol. The number of nitrogens with one attached hydrogen (secondary N) is 2. The molecule has 1 aromatic heterocycles. The molecule has 9 nitrogen and oxygen atoms in total. The molecule has 2 amide bonds. The molecule has 0 saturated carbocycles. The maximum atomic E-state index is 13.0. The van der Waals surface area contributed by atoms with Gasteiger partial charge in [0.15, 0.2) is 0 Å². The fourth-order valence-electron chi connectivity index (χ4n) is 3.50. The lowest BCUT2D eigenvalue weighted by molar-refractivity contribution is -0.140. The second-order valence-electron chi connectivity index (χ2n) is 6.63. The van der Waals surface area contributed by atoms with Crippen molar-refractivity contribution in [2.45, 2.75) is 25.3 Å². The number of fused-ring (bicyclic) bond motifs is 1. The zero-order valence-corrected chi connectivity index (χ0v) is 16.9. The van der Waals surface area contributed by atoms with Crippen LogP contribution in [0.25, 0.3) is 0 Å². The number of rotatable bonds is 7. The normalized spacial score (nSPS) is 15.4. The number of urea groups is 1. The van der Waals surface area contributed by atoms with Gasteiger partial charge in [-0.1, -0.05) is 0 Å². The molecule has 0 bridgehead atoms. The summed E-state index contributed by atoms with van der Waals surface area (Å²) in [6.45, 7) is 0.892. The zero-order chi connectivity index (χ0) is 20.8. The van der Waals surface area contributed by atoms with Crippen molar-refractivity contribution >= 4 is 12.0 Å². The number of esters is 1. The molecule has 156 valence electrons. The van der Waals surface area contributed by atoms with E-state index in [1.54, 1.807) is 25.4 Å². The summed E-state index contributed by atoms with van der Waals surface area (Å²) in [7, 11) is 4.54. The first kappa shape index (κ1) is 20.5. The summed E-state index contributed by atoms with van der Waals surface area (Å²) in [5.74, 6) is 1.02. The molecule has 0 radical (unpaired) electrons.